The molecule has 0 aliphatic carbocycles. The number of likely N-dealkylation sites (N-methyl/N-ethyl adjacent to an activating group) is 1. The number of nitrogens with one attached hydrogen (secondary N) is 1. The maximum Gasteiger partial charge on any atom is 0.148 e. The van der Waals surface area contributed by atoms with Crippen molar-refractivity contribution in [3.05, 3.63) is 102 Å². The summed E-state index contributed by atoms with van der Waals surface area (Å²) >= 11 is 0. The molecule has 0 bridgehead atoms. The Morgan fingerprint density at radius 3 is 2.08 bits per heavy atom. The van der Waals surface area contributed by atoms with Gasteiger partial charge in [0.1, 0.15) is 5.76 Å². The molecular weight excluding hydrogens is 519 g/mol. The topological polar surface area (TPSA) is 36.9 Å². The first-order chi connectivity index (χ1) is 16.4. The van der Waals surface area contributed by atoms with E-state index in [1.807, 2.05) is 44.3 Å². The molecule has 3 rings (SSSR count). The Labute approximate surface area is 246 Å². The molecule has 0 atom stereocenters. The molecule has 0 fully saturated rings. The summed E-state index contributed by atoms with van der Waals surface area (Å²) in [7, 11) is 3.53. The predicted molar refractivity (Wildman–Crippen MR) is 156 cm³/mol. The summed E-state index contributed by atoms with van der Waals surface area (Å²) in [6, 6.07) is 18.5. The Hall–Kier alpha value is -2.17. The van der Waals surface area contributed by atoms with Crippen LogP contribution in [-0.4, -0.2) is 25.4 Å². The van der Waals surface area contributed by atoms with Crippen LogP contribution in [0.3, 0.4) is 0 Å². The Morgan fingerprint density at radius 2 is 1.64 bits per heavy atom. The number of para-hydroxylation sites is 1. The van der Waals surface area contributed by atoms with E-state index in [0.29, 0.717) is 0 Å². The fraction of sp³-hybridized carbons (Fsp3) is 0.355. The van der Waals surface area contributed by atoms with Gasteiger partial charge in [0, 0.05) is 51.1 Å². The van der Waals surface area contributed by atoms with Crippen LogP contribution >= 0.6 is 0 Å². The van der Waals surface area contributed by atoms with Gasteiger partial charge in [0.2, 0.25) is 0 Å². The molecule has 195 valence electrons. The number of allylic oxidation sites excluding steroid dienone is 3. The number of anilines is 1. The third-order valence-corrected chi connectivity index (χ3v) is 5.01. The SMILES string of the molecule is C.C=C(C)Nc1ccccc1.C=C1C(c2ccc(C[CH-]C)cc2)=C(OC)C=NN1C.CCCCC.[Y]. The summed E-state index contributed by atoms with van der Waals surface area (Å²) in [5.41, 5.74) is 6.29. The van der Waals surface area contributed by atoms with Crippen LogP contribution in [-0.2, 0) is 43.9 Å². The van der Waals surface area contributed by atoms with Crippen LogP contribution in [0.15, 0.2) is 90.0 Å². The van der Waals surface area contributed by atoms with Gasteiger partial charge in [-0.2, -0.15) is 18.4 Å². The molecule has 1 N–H and O–H groups in total. The molecule has 0 spiro atoms. The number of hydrogen-bond acceptors (Lipinski definition) is 4. The van der Waals surface area contributed by atoms with E-state index < -0.39 is 0 Å². The third-order valence-electron chi connectivity index (χ3n) is 5.01. The number of nitrogens with zero attached hydrogens (tertiary/aromatic N) is 2. The number of hydrogen-bond donors (Lipinski definition) is 1. The first-order valence-electron chi connectivity index (χ1n) is 12.0. The second-order valence-corrected chi connectivity index (χ2v) is 8.09. The number of hydrazone groups is 1. The predicted octanol–water partition coefficient (Wildman–Crippen LogP) is 8.72. The number of benzene rings is 2. The normalized spacial score (nSPS) is 11.6. The molecular formula is C31H46N3OY-. The average Bonchev–Trinajstić information content (AvgIpc) is 2.83. The fourth-order valence-corrected chi connectivity index (χ4v) is 3.21. The summed E-state index contributed by atoms with van der Waals surface area (Å²) in [4.78, 5) is 0. The zero-order valence-electron chi connectivity index (χ0n) is 22.5. The molecule has 1 heterocycles. The van der Waals surface area contributed by atoms with E-state index in [1.165, 1.54) is 24.8 Å². The van der Waals surface area contributed by atoms with Gasteiger partial charge in [0.15, 0.2) is 0 Å². The van der Waals surface area contributed by atoms with Crippen molar-refractivity contribution in [2.24, 2.45) is 5.10 Å². The maximum absolute atomic E-state index is 5.39. The van der Waals surface area contributed by atoms with Crippen LogP contribution in [0.1, 0.15) is 65.5 Å². The van der Waals surface area contributed by atoms with Crippen LogP contribution in [0.25, 0.3) is 5.57 Å². The van der Waals surface area contributed by atoms with Crippen LogP contribution in [0, 0.1) is 6.42 Å². The number of unbranched alkanes of at least 4 members (excludes halogenated alkanes) is 2. The Morgan fingerprint density at radius 1 is 1.06 bits per heavy atom. The molecule has 0 saturated heterocycles. The zero-order valence-corrected chi connectivity index (χ0v) is 25.3. The zero-order chi connectivity index (χ0) is 25.3. The monoisotopic (exact) mass is 565 g/mol. The van der Waals surface area contributed by atoms with Crippen molar-refractivity contribution in [2.45, 2.75) is 60.8 Å². The van der Waals surface area contributed by atoms with Gasteiger partial charge < -0.3 is 16.5 Å². The van der Waals surface area contributed by atoms with E-state index in [2.05, 4.69) is 75.0 Å². The molecule has 0 saturated carbocycles. The minimum Gasteiger partial charge on any atom is -0.494 e. The summed E-state index contributed by atoms with van der Waals surface area (Å²) < 4.78 is 5.39. The van der Waals surface area contributed by atoms with Gasteiger partial charge in [0.05, 0.1) is 24.6 Å². The van der Waals surface area contributed by atoms with E-state index in [-0.39, 0.29) is 40.1 Å². The van der Waals surface area contributed by atoms with Gasteiger partial charge in [0.25, 0.3) is 0 Å². The molecule has 1 aliphatic heterocycles. The van der Waals surface area contributed by atoms with Gasteiger partial charge in [-0.05, 0) is 24.6 Å². The van der Waals surface area contributed by atoms with Crippen LogP contribution in [0.2, 0.25) is 0 Å². The van der Waals surface area contributed by atoms with Gasteiger partial charge in [-0.3, -0.25) is 5.01 Å². The van der Waals surface area contributed by atoms with Gasteiger partial charge in [-0.15, -0.1) is 0 Å². The molecule has 1 aliphatic rings. The Balaban J connectivity index is 0. The summed E-state index contributed by atoms with van der Waals surface area (Å²) in [6.07, 6.45) is 8.93. The second-order valence-electron chi connectivity index (χ2n) is 8.09. The van der Waals surface area contributed by atoms with Crippen molar-refractivity contribution in [1.29, 1.82) is 0 Å². The third kappa shape index (κ3) is 13.2. The molecule has 0 unspecified atom stereocenters. The molecule has 0 aromatic heterocycles. The van der Waals surface area contributed by atoms with Crippen LogP contribution in [0.4, 0.5) is 5.69 Å². The largest absolute Gasteiger partial charge is 0.494 e. The number of rotatable bonds is 8. The van der Waals surface area contributed by atoms with E-state index >= 15 is 0 Å². The molecule has 1 radical (unpaired) electrons. The van der Waals surface area contributed by atoms with Gasteiger partial charge in [-0.25, -0.2) is 0 Å². The first-order valence-corrected chi connectivity index (χ1v) is 12.0. The van der Waals surface area contributed by atoms with Crippen molar-refractivity contribution in [3.63, 3.8) is 0 Å². The molecule has 5 heteroatoms. The minimum atomic E-state index is 0. The standard InChI is InChI=1S/C16H19N2O.C9H11N.C5H12.CH4.Y/c1-5-6-13-7-9-14(10-8-13)16-12(2)18(3)17-11-15(16)19-4;1-8(2)10-9-6-4-3-5-7-9;1-3-5-4-2;;/h5,7-11H,2,6H2,1,3-4H3;3-7,10H,1H2,2H3;3-5H2,1-2H3;1H4;/q-1;;;;. The molecule has 4 nitrogen and oxygen atoms in total. The first kappa shape index (κ1) is 36.0. The van der Waals surface area contributed by atoms with E-state index in [4.69, 9.17) is 4.74 Å². The Kier molecular flexibility index (Phi) is 21.0. The number of ether oxygens (including phenoxy) is 1. The average molecular weight is 566 g/mol. The Bertz CT molecular complexity index is 932. The van der Waals surface area contributed by atoms with Crippen molar-refractivity contribution in [1.82, 2.24) is 5.01 Å². The summed E-state index contributed by atoms with van der Waals surface area (Å²) in [6.45, 7) is 16.2. The smallest absolute Gasteiger partial charge is 0.148 e. The van der Waals surface area contributed by atoms with Crippen LogP contribution in [0.5, 0.6) is 0 Å². The maximum atomic E-state index is 5.39. The molecule has 2 aromatic carbocycles. The molecule has 0 amide bonds. The van der Waals surface area contributed by atoms with E-state index in [1.54, 1.807) is 18.3 Å². The van der Waals surface area contributed by atoms with Gasteiger partial charge in [-0.1, -0.05) is 102 Å². The van der Waals surface area contributed by atoms with Crippen molar-refractivity contribution >= 4 is 17.5 Å². The van der Waals surface area contributed by atoms with Crippen molar-refractivity contribution in [3.8, 4) is 0 Å². The van der Waals surface area contributed by atoms with Crippen molar-refractivity contribution in [2.75, 3.05) is 19.5 Å². The van der Waals surface area contributed by atoms with Crippen LogP contribution < -0.4 is 5.32 Å². The summed E-state index contributed by atoms with van der Waals surface area (Å²) in [5, 5.41) is 9.07. The van der Waals surface area contributed by atoms with Gasteiger partial charge >= 0.3 is 0 Å². The van der Waals surface area contributed by atoms with E-state index in [9.17, 15) is 0 Å². The van der Waals surface area contributed by atoms with E-state index in [0.717, 1.165) is 40.4 Å². The quantitative estimate of drug-likeness (QED) is 0.325. The molecule has 2 aromatic rings. The molecule has 36 heavy (non-hydrogen) atoms. The number of methoxy groups -OCH3 is 1. The minimum absolute atomic E-state index is 0. The second kappa shape index (κ2) is 21.0. The van der Waals surface area contributed by atoms with Crippen molar-refractivity contribution < 1.29 is 37.4 Å². The fourth-order valence-electron chi connectivity index (χ4n) is 3.21. The summed E-state index contributed by atoms with van der Waals surface area (Å²) in [5.74, 6) is 0.748.